The van der Waals surface area contributed by atoms with Crippen molar-refractivity contribution < 1.29 is 37.3 Å². The Morgan fingerprint density at radius 1 is 1.29 bits per heavy atom. The van der Waals surface area contributed by atoms with E-state index in [-0.39, 0.29) is 18.1 Å². The van der Waals surface area contributed by atoms with Crippen LogP contribution in [0.25, 0.3) is 0 Å². The van der Waals surface area contributed by atoms with Crippen LogP contribution in [0.5, 0.6) is 0 Å². The fraction of sp³-hybridized carbons (Fsp3) is 0.778. The van der Waals surface area contributed by atoms with Crippen LogP contribution in [0.4, 0.5) is 18.3 Å². The van der Waals surface area contributed by atoms with E-state index in [9.17, 15) is 18.0 Å². The average Bonchev–Trinajstić information content (AvgIpc) is 3.42. The molecule has 174 valence electrons. The Balaban J connectivity index is 0.000000339. The SMILES string of the molecule is O=C(NCC1CCOCC1)[C@H]1C[C@@H]2CCN(c3nncs3)C[C@@H]2O1.O=C(O)C(F)(F)F. The molecule has 0 unspecified atom stereocenters. The molecule has 2 N–H and O–H groups in total. The molecule has 1 aromatic heterocycles. The minimum absolute atomic E-state index is 0.0540. The van der Waals surface area contributed by atoms with Crippen LogP contribution in [-0.2, 0) is 19.1 Å². The van der Waals surface area contributed by atoms with Crippen molar-refractivity contribution in [2.45, 2.75) is 44.1 Å². The number of nitrogens with one attached hydrogen (secondary N) is 1. The topological polar surface area (TPSA) is 114 Å². The van der Waals surface area contributed by atoms with Gasteiger partial charge in [-0.1, -0.05) is 11.3 Å². The number of hydrogen-bond acceptors (Lipinski definition) is 8. The van der Waals surface area contributed by atoms with Gasteiger partial charge in [0.25, 0.3) is 0 Å². The number of aliphatic carboxylic acids is 1. The number of nitrogens with zero attached hydrogens (tertiary/aromatic N) is 3. The van der Waals surface area contributed by atoms with Crippen molar-refractivity contribution in [2.75, 3.05) is 37.7 Å². The average molecular weight is 466 g/mol. The Bertz CT molecular complexity index is 730. The lowest BCUT2D eigenvalue weighted by molar-refractivity contribution is -0.192. The van der Waals surface area contributed by atoms with Crippen molar-refractivity contribution >= 4 is 28.3 Å². The monoisotopic (exact) mass is 466 g/mol. The molecule has 0 aliphatic carbocycles. The van der Waals surface area contributed by atoms with Gasteiger partial charge in [-0.2, -0.15) is 13.2 Å². The smallest absolute Gasteiger partial charge is 0.475 e. The second-order valence-electron chi connectivity index (χ2n) is 7.72. The number of aromatic nitrogens is 2. The number of halogens is 3. The summed E-state index contributed by atoms with van der Waals surface area (Å²) in [6, 6.07) is 0. The number of carboxylic acids is 1. The third-order valence-corrected chi connectivity index (χ3v) is 6.36. The number of carboxylic acid groups (broad SMARTS) is 1. The molecule has 1 amide bonds. The lowest BCUT2D eigenvalue weighted by Gasteiger charge is -2.33. The van der Waals surface area contributed by atoms with Gasteiger partial charge in [0.15, 0.2) is 0 Å². The maximum atomic E-state index is 12.4. The Morgan fingerprint density at radius 3 is 2.61 bits per heavy atom. The van der Waals surface area contributed by atoms with Gasteiger partial charge in [-0.05, 0) is 37.5 Å². The second-order valence-corrected chi connectivity index (χ2v) is 8.53. The number of carbonyl (C=O) groups excluding carboxylic acids is 1. The predicted molar refractivity (Wildman–Crippen MR) is 104 cm³/mol. The third kappa shape index (κ3) is 6.74. The summed E-state index contributed by atoms with van der Waals surface area (Å²) in [5, 5.41) is 19.2. The van der Waals surface area contributed by atoms with Gasteiger partial charge in [-0.3, -0.25) is 4.79 Å². The van der Waals surface area contributed by atoms with Crippen LogP contribution < -0.4 is 10.2 Å². The highest BCUT2D eigenvalue weighted by Crippen LogP contribution is 2.35. The van der Waals surface area contributed by atoms with E-state index in [0.29, 0.717) is 11.8 Å². The number of amides is 1. The van der Waals surface area contributed by atoms with Crippen molar-refractivity contribution in [3.05, 3.63) is 5.51 Å². The molecular formula is C18H25F3N4O5S. The Labute approximate surface area is 180 Å². The fourth-order valence-electron chi connectivity index (χ4n) is 3.89. The number of alkyl halides is 3. The summed E-state index contributed by atoms with van der Waals surface area (Å²) in [4.78, 5) is 23.6. The van der Waals surface area contributed by atoms with E-state index in [0.717, 1.165) is 63.7 Å². The van der Waals surface area contributed by atoms with Gasteiger partial charge in [0.05, 0.1) is 6.10 Å². The van der Waals surface area contributed by atoms with Gasteiger partial charge >= 0.3 is 12.1 Å². The van der Waals surface area contributed by atoms with E-state index in [1.54, 1.807) is 16.8 Å². The summed E-state index contributed by atoms with van der Waals surface area (Å²) in [5.74, 6) is -1.68. The highest BCUT2D eigenvalue weighted by atomic mass is 32.1. The second kappa shape index (κ2) is 10.6. The lowest BCUT2D eigenvalue weighted by atomic mass is 9.92. The molecule has 0 spiro atoms. The van der Waals surface area contributed by atoms with Crippen molar-refractivity contribution in [3.8, 4) is 0 Å². The fourth-order valence-corrected chi connectivity index (χ4v) is 4.49. The number of anilines is 1. The Morgan fingerprint density at radius 2 is 2.00 bits per heavy atom. The molecule has 13 heteroatoms. The van der Waals surface area contributed by atoms with E-state index >= 15 is 0 Å². The van der Waals surface area contributed by atoms with Crippen LogP contribution in [0.15, 0.2) is 5.51 Å². The van der Waals surface area contributed by atoms with E-state index in [1.807, 2.05) is 0 Å². The first-order chi connectivity index (χ1) is 14.7. The molecule has 3 aliphatic heterocycles. The highest BCUT2D eigenvalue weighted by Gasteiger charge is 2.42. The molecule has 0 radical (unpaired) electrons. The number of carbonyl (C=O) groups is 2. The Kier molecular flexibility index (Phi) is 8.06. The summed E-state index contributed by atoms with van der Waals surface area (Å²) < 4.78 is 43.2. The maximum Gasteiger partial charge on any atom is 0.490 e. The first kappa shape index (κ1) is 23.7. The zero-order valence-electron chi connectivity index (χ0n) is 16.7. The number of piperidine rings is 1. The van der Waals surface area contributed by atoms with Gasteiger partial charge in [0, 0.05) is 32.8 Å². The van der Waals surface area contributed by atoms with E-state index in [1.165, 1.54) is 0 Å². The standard InChI is InChI=1S/C16H24N4O3S.C2HF3O2/c21-15(17-8-11-2-5-22-6-3-11)13-7-12-1-4-20(9-14(12)23-13)16-19-18-10-24-16;3-2(4,5)1(6)7/h10-14H,1-9H2,(H,17,21);(H,6,7)/t12-,13+,14-;/m0./s1. The maximum absolute atomic E-state index is 12.4. The minimum atomic E-state index is -5.08. The zero-order valence-corrected chi connectivity index (χ0v) is 17.5. The molecule has 0 aromatic carbocycles. The molecule has 3 atom stereocenters. The normalized spacial score (nSPS) is 26.5. The molecule has 1 aromatic rings. The summed E-state index contributed by atoms with van der Waals surface area (Å²) in [7, 11) is 0. The van der Waals surface area contributed by atoms with Gasteiger partial charge in [0.2, 0.25) is 11.0 Å². The highest BCUT2D eigenvalue weighted by molar-refractivity contribution is 7.13. The van der Waals surface area contributed by atoms with Crippen LogP contribution in [0.1, 0.15) is 25.7 Å². The van der Waals surface area contributed by atoms with Crippen molar-refractivity contribution in [1.29, 1.82) is 0 Å². The van der Waals surface area contributed by atoms with E-state index < -0.39 is 12.1 Å². The van der Waals surface area contributed by atoms with Crippen LogP contribution in [0, 0.1) is 11.8 Å². The van der Waals surface area contributed by atoms with E-state index in [4.69, 9.17) is 19.4 Å². The minimum Gasteiger partial charge on any atom is -0.475 e. The van der Waals surface area contributed by atoms with Crippen LogP contribution in [-0.4, -0.2) is 78.4 Å². The van der Waals surface area contributed by atoms with Gasteiger partial charge in [-0.25, -0.2) is 4.79 Å². The zero-order chi connectivity index (χ0) is 22.4. The molecule has 4 heterocycles. The predicted octanol–water partition coefficient (Wildman–Crippen LogP) is 1.70. The van der Waals surface area contributed by atoms with Gasteiger partial charge in [0.1, 0.15) is 11.6 Å². The summed E-state index contributed by atoms with van der Waals surface area (Å²) in [6.45, 7) is 4.14. The number of hydrogen-bond donors (Lipinski definition) is 2. The first-order valence-electron chi connectivity index (χ1n) is 10.1. The molecule has 3 aliphatic rings. The number of rotatable bonds is 4. The summed E-state index contributed by atoms with van der Waals surface area (Å²) in [6.07, 6.45) is -1.29. The molecular weight excluding hydrogens is 441 g/mol. The van der Waals surface area contributed by atoms with Crippen molar-refractivity contribution in [2.24, 2.45) is 11.8 Å². The van der Waals surface area contributed by atoms with Gasteiger partial charge in [-0.15, -0.1) is 10.2 Å². The number of ether oxygens (including phenoxy) is 2. The number of fused-ring (bicyclic) bond motifs is 1. The molecule has 3 saturated heterocycles. The van der Waals surface area contributed by atoms with Crippen molar-refractivity contribution in [3.63, 3.8) is 0 Å². The summed E-state index contributed by atoms with van der Waals surface area (Å²) in [5.41, 5.74) is 1.75. The van der Waals surface area contributed by atoms with Crippen molar-refractivity contribution in [1.82, 2.24) is 15.5 Å². The van der Waals surface area contributed by atoms with E-state index in [2.05, 4.69) is 20.4 Å². The van der Waals surface area contributed by atoms with Crippen LogP contribution in [0.2, 0.25) is 0 Å². The molecule has 31 heavy (non-hydrogen) atoms. The molecule has 0 saturated carbocycles. The first-order valence-corrected chi connectivity index (χ1v) is 10.9. The largest absolute Gasteiger partial charge is 0.490 e. The lowest BCUT2D eigenvalue weighted by Crippen LogP contribution is -2.43. The van der Waals surface area contributed by atoms with Crippen LogP contribution in [0.3, 0.4) is 0 Å². The molecule has 0 bridgehead atoms. The molecule has 9 nitrogen and oxygen atoms in total. The Hall–Kier alpha value is -1.99. The quantitative estimate of drug-likeness (QED) is 0.689. The third-order valence-electron chi connectivity index (χ3n) is 5.61. The molecule has 4 rings (SSSR count). The molecule has 3 fully saturated rings. The van der Waals surface area contributed by atoms with Crippen LogP contribution >= 0.6 is 11.3 Å². The van der Waals surface area contributed by atoms with Gasteiger partial charge < -0.3 is 24.8 Å². The summed E-state index contributed by atoms with van der Waals surface area (Å²) >= 11 is 1.55.